The predicted molar refractivity (Wildman–Crippen MR) is 81.1 cm³/mol. The van der Waals surface area contributed by atoms with Gasteiger partial charge in [-0.3, -0.25) is 4.90 Å². The molecule has 0 spiro atoms. The minimum Gasteiger partial charge on any atom is -0.508 e. The van der Waals surface area contributed by atoms with Crippen LogP contribution in [0, 0.1) is 6.92 Å². The van der Waals surface area contributed by atoms with Crippen LogP contribution in [-0.4, -0.2) is 49.5 Å². The summed E-state index contributed by atoms with van der Waals surface area (Å²) < 4.78 is 10.8. The highest BCUT2D eigenvalue weighted by Crippen LogP contribution is 2.19. The van der Waals surface area contributed by atoms with E-state index in [4.69, 9.17) is 9.47 Å². The molecule has 0 saturated heterocycles. The van der Waals surface area contributed by atoms with Crippen LogP contribution in [-0.2, 0) is 16.0 Å². The van der Waals surface area contributed by atoms with Crippen LogP contribution >= 0.6 is 0 Å². The molecule has 0 aliphatic rings. The first-order chi connectivity index (χ1) is 9.67. The topological polar surface area (TPSA) is 41.9 Å². The predicted octanol–water partition coefficient (Wildman–Crippen LogP) is 2.58. The number of hydrogen-bond donors (Lipinski definition) is 1. The van der Waals surface area contributed by atoms with Crippen LogP contribution in [0.25, 0.3) is 0 Å². The number of rotatable bonds is 10. The Labute approximate surface area is 122 Å². The van der Waals surface area contributed by atoms with E-state index in [0.29, 0.717) is 25.5 Å². The molecule has 0 amide bonds. The fraction of sp³-hybridized carbons (Fsp3) is 0.625. The van der Waals surface area contributed by atoms with Gasteiger partial charge in [-0.2, -0.15) is 0 Å². The molecule has 4 heteroatoms. The number of ether oxygens (including phenoxy) is 2. The molecule has 4 nitrogen and oxygen atoms in total. The van der Waals surface area contributed by atoms with Crippen LogP contribution < -0.4 is 0 Å². The molecule has 1 rings (SSSR count). The molecule has 0 fully saturated rings. The Morgan fingerprint density at radius 1 is 1.05 bits per heavy atom. The summed E-state index contributed by atoms with van der Waals surface area (Å²) in [4.78, 5) is 2.25. The number of phenols is 1. The maximum Gasteiger partial charge on any atom is 0.120 e. The Morgan fingerprint density at radius 2 is 1.65 bits per heavy atom. The number of benzene rings is 1. The van der Waals surface area contributed by atoms with E-state index in [1.165, 1.54) is 0 Å². The normalized spacial score (nSPS) is 11.2. The second-order valence-corrected chi connectivity index (χ2v) is 4.80. The van der Waals surface area contributed by atoms with Gasteiger partial charge in [0.2, 0.25) is 0 Å². The zero-order chi connectivity index (χ0) is 14.8. The van der Waals surface area contributed by atoms with Gasteiger partial charge in [-0.25, -0.2) is 0 Å². The molecule has 0 aliphatic heterocycles. The number of aromatic hydroxyl groups is 1. The van der Waals surface area contributed by atoms with Crippen molar-refractivity contribution in [2.45, 2.75) is 27.3 Å². The molecule has 0 atom stereocenters. The summed E-state index contributed by atoms with van der Waals surface area (Å²) in [6, 6.07) is 5.71. The van der Waals surface area contributed by atoms with Gasteiger partial charge in [0, 0.05) is 38.4 Å². The molecule has 0 aromatic heterocycles. The van der Waals surface area contributed by atoms with Crippen molar-refractivity contribution in [2.75, 3.05) is 39.5 Å². The third kappa shape index (κ3) is 6.37. The van der Waals surface area contributed by atoms with E-state index in [0.717, 1.165) is 37.4 Å². The molecular formula is C16H27NO3. The van der Waals surface area contributed by atoms with Gasteiger partial charge in [-0.1, -0.05) is 17.7 Å². The van der Waals surface area contributed by atoms with Crippen molar-refractivity contribution in [3.05, 3.63) is 29.3 Å². The lowest BCUT2D eigenvalue weighted by Crippen LogP contribution is -2.30. The van der Waals surface area contributed by atoms with Gasteiger partial charge in [-0.15, -0.1) is 0 Å². The highest BCUT2D eigenvalue weighted by molar-refractivity contribution is 5.35. The Balaban J connectivity index is 2.58. The average molecular weight is 281 g/mol. The van der Waals surface area contributed by atoms with E-state index < -0.39 is 0 Å². The molecule has 114 valence electrons. The van der Waals surface area contributed by atoms with Crippen LogP contribution in [0.1, 0.15) is 25.0 Å². The van der Waals surface area contributed by atoms with E-state index in [1.807, 2.05) is 32.9 Å². The number of hydrogen-bond acceptors (Lipinski definition) is 4. The van der Waals surface area contributed by atoms with E-state index in [-0.39, 0.29) is 0 Å². The van der Waals surface area contributed by atoms with E-state index in [9.17, 15) is 5.11 Å². The zero-order valence-electron chi connectivity index (χ0n) is 12.9. The lowest BCUT2D eigenvalue weighted by atomic mass is 10.1. The van der Waals surface area contributed by atoms with E-state index in [1.54, 1.807) is 6.07 Å². The molecule has 0 heterocycles. The van der Waals surface area contributed by atoms with E-state index >= 15 is 0 Å². The standard InChI is InChI=1S/C16H27NO3/c1-4-19-10-8-17(9-11-20-5-2)13-15-12-14(3)6-7-16(15)18/h6-7,12,18H,4-5,8-11,13H2,1-3H3. The van der Waals surface area contributed by atoms with Gasteiger partial charge in [0.1, 0.15) is 5.75 Å². The van der Waals surface area contributed by atoms with E-state index in [2.05, 4.69) is 4.90 Å². The summed E-state index contributed by atoms with van der Waals surface area (Å²) in [5.41, 5.74) is 2.12. The van der Waals surface area contributed by atoms with Gasteiger partial charge >= 0.3 is 0 Å². The quantitative estimate of drug-likeness (QED) is 0.669. The van der Waals surface area contributed by atoms with Gasteiger partial charge in [-0.05, 0) is 26.8 Å². The van der Waals surface area contributed by atoms with Crippen LogP contribution in [0.5, 0.6) is 5.75 Å². The molecule has 0 saturated carbocycles. The molecule has 0 bridgehead atoms. The van der Waals surface area contributed by atoms with Crippen molar-refractivity contribution in [2.24, 2.45) is 0 Å². The minimum atomic E-state index is 0.355. The highest BCUT2D eigenvalue weighted by Gasteiger charge is 2.09. The molecular weight excluding hydrogens is 254 g/mol. The fourth-order valence-corrected chi connectivity index (χ4v) is 2.03. The summed E-state index contributed by atoms with van der Waals surface area (Å²) in [5, 5.41) is 9.94. The van der Waals surface area contributed by atoms with Crippen LogP contribution in [0.3, 0.4) is 0 Å². The summed E-state index contributed by atoms with van der Waals surface area (Å²) in [7, 11) is 0. The van der Waals surface area contributed by atoms with Crippen LogP contribution in [0.4, 0.5) is 0 Å². The maximum absolute atomic E-state index is 9.94. The summed E-state index contributed by atoms with van der Waals surface area (Å²) >= 11 is 0. The zero-order valence-corrected chi connectivity index (χ0v) is 12.9. The first-order valence-corrected chi connectivity index (χ1v) is 7.33. The second kappa shape index (κ2) is 9.75. The average Bonchev–Trinajstić information content (AvgIpc) is 2.43. The first kappa shape index (κ1) is 17.0. The first-order valence-electron chi connectivity index (χ1n) is 7.33. The molecule has 1 aromatic rings. The fourth-order valence-electron chi connectivity index (χ4n) is 2.03. The van der Waals surface area contributed by atoms with Crippen molar-refractivity contribution in [1.29, 1.82) is 0 Å². The Morgan fingerprint density at radius 3 is 2.20 bits per heavy atom. The third-order valence-corrected chi connectivity index (χ3v) is 3.14. The number of nitrogens with zero attached hydrogens (tertiary/aromatic N) is 1. The Bertz CT molecular complexity index is 372. The number of phenolic OH excluding ortho intramolecular Hbond substituents is 1. The van der Waals surface area contributed by atoms with Crippen molar-refractivity contribution in [1.82, 2.24) is 4.90 Å². The summed E-state index contributed by atoms with van der Waals surface area (Å²) in [6.07, 6.45) is 0. The van der Waals surface area contributed by atoms with Gasteiger partial charge < -0.3 is 14.6 Å². The Kier molecular flexibility index (Phi) is 8.26. The van der Waals surface area contributed by atoms with Gasteiger partial charge in [0.25, 0.3) is 0 Å². The van der Waals surface area contributed by atoms with Crippen LogP contribution in [0.2, 0.25) is 0 Å². The number of aryl methyl sites for hydroxylation is 1. The van der Waals surface area contributed by atoms with Gasteiger partial charge in [0.05, 0.1) is 13.2 Å². The molecule has 1 N–H and O–H groups in total. The summed E-state index contributed by atoms with van der Waals surface area (Å²) in [6.45, 7) is 11.3. The van der Waals surface area contributed by atoms with Crippen molar-refractivity contribution >= 4 is 0 Å². The van der Waals surface area contributed by atoms with Gasteiger partial charge in [0.15, 0.2) is 0 Å². The maximum atomic E-state index is 9.94. The monoisotopic (exact) mass is 281 g/mol. The molecule has 20 heavy (non-hydrogen) atoms. The Hall–Kier alpha value is -1.10. The highest BCUT2D eigenvalue weighted by atomic mass is 16.5. The van der Waals surface area contributed by atoms with Crippen molar-refractivity contribution in [3.8, 4) is 5.75 Å². The molecule has 0 unspecified atom stereocenters. The van der Waals surface area contributed by atoms with Crippen LogP contribution in [0.15, 0.2) is 18.2 Å². The second-order valence-electron chi connectivity index (χ2n) is 4.80. The minimum absolute atomic E-state index is 0.355. The molecule has 0 radical (unpaired) electrons. The van der Waals surface area contributed by atoms with Crippen molar-refractivity contribution < 1.29 is 14.6 Å². The molecule has 0 aliphatic carbocycles. The smallest absolute Gasteiger partial charge is 0.120 e. The van der Waals surface area contributed by atoms with Crippen molar-refractivity contribution in [3.63, 3.8) is 0 Å². The SMILES string of the molecule is CCOCCN(CCOCC)Cc1cc(C)ccc1O. The summed E-state index contributed by atoms with van der Waals surface area (Å²) in [5.74, 6) is 0.355. The lowest BCUT2D eigenvalue weighted by Gasteiger charge is -2.22. The third-order valence-electron chi connectivity index (χ3n) is 3.14. The largest absolute Gasteiger partial charge is 0.508 e. The molecule has 1 aromatic carbocycles. The lowest BCUT2D eigenvalue weighted by molar-refractivity contribution is 0.0794.